The molecule has 3 fully saturated rings. The number of aromatic nitrogens is 1. The van der Waals surface area contributed by atoms with Crippen LogP contribution in [0.5, 0.6) is 0 Å². The summed E-state index contributed by atoms with van der Waals surface area (Å²) < 4.78 is 7.52. The molecule has 38 heavy (non-hydrogen) atoms. The molecule has 3 aliphatic heterocycles. The summed E-state index contributed by atoms with van der Waals surface area (Å²) >= 11 is 0. The lowest BCUT2D eigenvalue weighted by molar-refractivity contribution is -0.984. The average Bonchev–Trinajstić information content (AvgIpc) is 2.98. The predicted molar refractivity (Wildman–Crippen MR) is 157 cm³/mol. The Balaban J connectivity index is 1.41. The number of piperidine rings is 3. The first-order valence-corrected chi connectivity index (χ1v) is 13.9. The summed E-state index contributed by atoms with van der Waals surface area (Å²) in [6, 6.07) is 31.3. The summed E-state index contributed by atoms with van der Waals surface area (Å²) in [5, 5.41) is 6.61. The lowest BCUT2D eigenvalue weighted by Gasteiger charge is -2.58. The van der Waals surface area contributed by atoms with Gasteiger partial charge in [-0.25, -0.2) is 0 Å². The third-order valence-electron chi connectivity index (χ3n) is 9.62. The van der Waals surface area contributed by atoms with Crippen molar-refractivity contribution in [3.63, 3.8) is 0 Å². The second kappa shape index (κ2) is 9.34. The van der Waals surface area contributed by atoms with E-state index in [-0.39, 0.29) is 6.10 Å². The molecule has 0 N–H and O–H groups in total. The molecule has 3 heteroatoms. The number of hydrogen-bond acceptors (Lipinski definition) is 2. The molecule has 4 heterocycles. The lowest BCUT2D eigenvalue weighted by atomic mass is 9.71. The molecule has 0 unspecified atom stereocenters. The summed E-state index contributed by atoms with van der Waals surface area (Å²) in [4.78, 5) is 4.66. The average molecular weight is 500 g/mol. The maximum absolute atomic E-state index is 6.47. The van der Waals surface area contributed by atoms with Crippen LogP contribution in [0.25, 0.3) is 32.4 Å². The van der Waals surface area contributed by atoms with E-state index in [9.17, 15) is 0 Å². The van der Waals surface area contributed by atoms with E-state index in [4.69, 9.17) is 4.74 Å². The molecule has 3 saturated heterocycles. The Kier molecular flexibility index (Phi) is 5.79. The van der Waals surface area contributed by atoms with Crippen LogP contribution in [-0.2, 0) is 11.3 Å². The maximum Gasteiger partial charge on any atom is 0.135 e. The number of rotatable bonds is 6. The molecule has 0 saturated carbocycles. The van der Waals surface area contributed by atoms with Crippen molar-refractivity contribution in [2.24, 2.45) is 11.8 Å². The molecule has 0 spiro atoms. The Bertz CT molecular complexity index is 1600. The zero-order valence-corrected chi connectivity index (χ0v) is 22.1. The highest BCUT2D eigenvalue weighted by atomic mass is 16.5. The Morgan fingerprint density at radius 1 is 0.947 bits per heavy atom. The van der Waals surface area contributed by atoms with Gasteiger partial charge in [0.2, 0.25) is 0 Å². The van der Waals surface area contributed by atoms with Crippen molar-refractivity contribution in [2.75, 3.05) is 20.2 Å². The highest BCUT2D eigenvalue weighted by Crippen LogP contribution is 2.49. The molecule has 0 aliphatic carbocycles. The number of nitrogens with zero attached hydrogens (tertiary/aromatic N) is 2. The Morgan fingerprint density at radius 3 is 2.34 bits per heavy atom. The fraction of sp³-hybridized carbons (Fsp3) is 0.286. The summed E-state index contributed by atoms with van der Waals surface area (Å²) in [6.45, 7) is 7.59. The highest BCUT2D eigenvalue weighted by Gasteiger charge is 2.54. The van der Waals surface area contributed by atoms with Crippen molar-refractivity contribution in [1.29, 1.82) is 0 Å². The molecule has 3 aliphatic rings. The van der Waals surface area contributed by atoms with E-state index in [0.717, 1.165) is 29.5 Å². The van der Waals surface area contributed by atoms with Crippen LogP contribution < -0.4 is 0 Å². The van der Waals surface area contributed by atoms with Crippen molar-refractivity contribution in [1.82, 2.24) is 4.98 Å². The van der Waals surface area contributed by atoms with E-state index < -0.39 is 0 Å². The molecule has 0 amide bonds. The number of hydrogen-bond donors (Lipinski definition) is 0. The minimum absolute atomic E-state index is 0.0118. The molecule has 2 bridgehead atoms. The van der Waals surface area contributed by atoms with Crippen LogP contribution in [0.4, 0.5) is 0 Å². The zero-order chi connectivity index (χ0) is 25.7. The van der Waals surface area contributed by atoms with Crippen LogP contribution in [0.1, 0.15) is 30.1 Å². The van der Waals surface area contributed by atoms with Crippen LogP contribution in [0.15, 0.2) is 104 Å². The third-order valence-corrected chi connectivity index (χ3v) is 9.62. The monoisotopic (exact) mass is 499 g/mol. The number of benzene rings is 4. The number of pyridine rings is 1. The van der Waals surface area contributed by atoms with Gasteiger partial charge >= 0.3 is 0 Å². The first kappa shape index (κ1) is 23.6. The van der Waals surface area contributed by atoms with Gasteiger partial charge in [0.25, 0.3) is 0 Å². The van der Waals surface area contributed by atoms with Gasteiger partial charge in [-0.3, -0.25) is 4.98 Å². The van der Waals surface area contributed by atoms with Crippen molar-refractivity contribution < 1.29 is 9.22 Å². The predicted octanol–water partition coefficient (Wildman–Crippen LogP) is 7.84. The first-order chi connectivity index (χ1) is 18.7. The molecule has 0 radical (unpaired) electrons. The maximum atomic E-state index is 6.47. The smallest absolute Gasteiger partial charge is 0.135 e. The van der Waals surface area contributed by atoms with Gasteiger partial charge in [-0.2, -0.15) is 0 Å². The minimum atomic E-state index is 0.0118. The zero-order valence-electron chi connectivity index (χ0n) is 22.1. The summed E-state index contributed by atoms with van der Waals surface area (Å²) in [5.74, 6) is 1.22. The molecular formula is C35H35N2O+. The molecule has 1 aromatic heterocycles. The minimum Gasteiger partial charge on any atom is -0.370 e. The van der Waals surface area contributed by atoms with Gasteiger partial charge in [-0.1, -0.05) is 72.8 Å². The van der Waals surface area contributed by atoms with Crippen LogP contribution in [0.2, 0.25) is 0 Å². The van der Waals surface area contributed by atoms with Gasteiger partial charge in [-0.15, -0.1) is 6.58 Å². The normalized spacial score (nSPS) is 25.7. The number of ether oxygens (including phenoxy) is 1. The fourth-order valence-corrected chi connectivity index (χ4v) is 7.81. The molecule has 3 nitrogen and oxygen atoms in total. The highest BCUT2D eigenvalue weighted by molar-refractivity contribution is 6.02. The molecule has 5 aromatic rings. The molecule has 8 rings (SSSR count). The quantitative estimate of drug-likeness (QED) is 0.135. The lowest BCUT2D eigenvalue weighted by Crippen LogP contribution is -2.67. The van der Waals surface area contributed by atoms with E-state index in [1.54, 1.807) is 0 Å². The van der Waals surface area contributed by atoms with Gasteiger partial charge in [0.05, 0.1) is 18.6 Å². The van der Waals surface area contributed by atoms with Crippen LogP contribution in [0, 0.1) is 11.8 Å². The first-order valence-electron chi connectivity index (χ1n) is 13.9. The van der Waals surface area contributed by atoms with Crippen molar-refractivity contribution >= 4 is 32.4 Å². The van der Waals surface area contributed by atoms with Gasteiger partial charge in [0.1, 0.15) is 18.7 Å². The van der Waals surface area contributed by atoms with Crippen molar-refractivity contribution in [3.05, 3.63) is 115 Å². The number of quaternary nitrogens is 1. The molecular weight excluding hydrogens is 464 g/mol. The Morgan fingerprint density at radius 2 is 1.63 bits per heavy atom. The Labute approximate surface area is 225 Å². The number of methoxy groups -OCH3 is 1. The van der Waals surface area contributed by atoms with E-state index in [1.165, 1.54) is 51.0 Å². The van der Waals surface area contributed by atoms with E-state index in [2.05, 4.69) is 103 Å². The summed E-state index contributed by atoms with van der Waals surface area (Å²) in [7, 11) is 1.90. The van der Waals surface area contributed by atoms with Crippen molar-refractivity contribution in [3.8, 4) is 0 Å². The third kappa shape index (κ3) is 3.68. The van der Waals surface area contributed by atoms with Crippen LogP contribution in [0.3, 0.4) is 0 Å². The second-order valence-electron chi connectivity index (χ2n) is 11.4. The second-order valence-corrected chi connectivity index (χ2v) is 11.4. The molecule has 4 aromatic carbocycles. The topological polar surface area (TPSA) is 22.1 Å². The summed E-state index contributed by atoms with van der Waals surface area (Å²) in [5.41, 5.74) is 3.78. The fourth-order valence-electron chi connectivity index (χ4n) is 7.81. The standard InChI is InChI=1S/C35H35N2O/c1-3-24-22-37(23-32-28-12-6-4-10-26(28)20-27-11-5-7-13-29(27)32)19-17-25(24)21-34(37)35(38-2)31-16-18-36-33-15-9-8-14-30(31)33/h3-16,18,20,24-25,34-35H,1,17,19,21-23H2,2H3/q+1/t24-,25-,34+,35-,37-/m0/s1. The number of para-hydroxylation sites is 1. The Hall–Kier alpha value is -3.53. The van der Waals surface area contributed by atoms with Gasteiger partial charge < -0.3 is 9.22 Å². The molecule has 5 atom stereocenters. The van der Waals surface area contributed by atoms with Gasteiger partial charge in [0, 0.05) is 43.0 Å². The summed E-state index contributed by atoms with van der Waals surface area (Å²) in [6.07, 6.45) is 6.61. The molecule has 190 valence electrons. The van der Waals surface area contributed by atoms with Crippen LogP contribution >= 0.6 is 0 Å². The van der Waals surface area contributed by atoms with Crippen molar-refractivity contribution in [2.45, 2.75) is 31.5 Å². The van der Waals surface area contributed by atoms with E-state index in [0.29, 0.717) is 17.9 Å². The van der Waals surface area contributed by atoms with Gasteiger partial charge in [0.15, 0.2) is 0 Å². The van der Waals surface area contributed by atoms with E-state index >= 15 is 0 Å². The van der Waals surface area contributed by atoms with Gasteiger partial charge in [-0.05, 0) is 51.2 Å². The SMILES string of the molecule is C=C[C@H]1C[N@+]2(Cc3c4ccccc4cc4ccccc34)CC[C@H]1C[C@@H]2[C@@H](OC)c1ccnc2ccccc12. The van der Waals surface area contributed by atoms with E-state index in [1.807, 2.05) is 13.3 Å². The van der Waals surface area contributed by atoms with Crippen LogP contribution in [-0.4, -0.2) is 35.7 Å². The number of fused-ring (bicyclic) bond motifs is 6. The largest absolute Gasteiger partial charge is 0.370 e.